The van der Waals surface area contributed by atoms with Crippen LogP contribution in [0, 0.1) is 0 Å². The van der Waals surface area contributed by atoms with E-state index in [9.17, 15) is 18.0 Å². The number of nitrogens with zero attached hydrogens (tertiary/aromatic N) is 2. The number of amides is 2. The third-order valence-electron chi connectivity index (χ3n) is 5.82. The van der Waals surface area contributed by atoms with Crippen LogP contribution in [0.5, 0.6) is 0 Å². The molecule has 0 aromatic heterocycles. The Balaban J connectivity index is 1.23. The van der Waals surface area contributed by atoms with Crippen LogP contribution in [-0.4, -0.2) is 62.2 Å². The van der Waals surface area contributed by atoms with Crippen LogP contribution >= 0.6 is 0 Å². The van der Waals surface area contributed by atoms with Gasteiger partial charge in [-0.1, -0.05) is 60.7 Å². The maximum absolute atomic E-state index is 12.6. The van der Waals surface area contributed by atoms with Gasteiger partial charge in [0.25, 0.3) is 5.91 Å². The van der Waals surface area contributed by atoms with E-state index >= 15 is 0 Å². The van der Waals surface area contributed by atoms with Gasteiger partial charge in [0.15, 0.2) is 0 Å². The highest BCUT2D eigenvalue weighted by Crippen LogP contribution is 2.16. The number of nitrogens with one attached hydrogen (secondary N) is 1. The van der Waals surface area contributed by atoms with Crippen LogP contribution in [0.25, 0.3) is 16.8 Å². The lowest BCUT2D eigenvalue weighted by Crippen LogP contribution is -2.50. The zero-order chi connectivity index (χ0) is 24.0. The fourth-order valence-corrected chi connectivity index (χ4v) is 5.05. The van der Waals surface area contributed by atoms with E-state index in [1.54, 1.807) is 17.0 Å². The van der Waals surface area contributed by atoms with Gasteiger partial charge in [0, 0.05) is 50.1 Å². The number of hydrogen-bond acceptors (Lipinski definition) is 4. The number of piperazine rings is 1. The second-order valence-electron chi connectivity index (χ2n) is 8.11. The van der Waals surface area contributed by atoms with Crippen molar-refractivity contribution in [2.45, 2.75) is 6.42 Å². The van der Waals surface area contributed by atoms with E-state index < -0.39 is 10.0 Å². The van der Waals surface area contributed by atoms with Crippen molar-refractivity contribution in [2.75, 3.05) is 32.7 Å². The van der Waals surface area contributed by atoms with E-state index in [-0.39, 0.29) is 37.9 Å². The van der Waals surface area contributed by atoms with Crippen molar-refractivity contribution in [1.82, 2.24) is 14.5 Å². The van der Waals surface area contributed by atoms with Crippen LogP contribution in [0.15, 0.2) is 78.2 Å². The SMILES string of the molecule is O=C(NCCC(=O)N1CCN(S(=O)(=O)/C=C/c2ccccc2)CC1)c1ccc2ccccc2c1. The lowest BCUT2D eigenvalue weighted by molar-refractivity contribution is -0.132. The predicted molar refractivity (Wildman–Crippen MR) is 133 cm³/mol. The van der Waals surface area contributed by atoms with Crippen molar-refractivity contribution in [3.8, 4) is 0 Å². The van der Waals surface area contributed by atoms with Gasteiger partial charge in [-0.05, 0) is 34.5 Å². The van der Waals surface area contributed by atoms with Crippen LogP contribution in [0.4, 0.5) is 0 Å². The van der Waals surface area contributed by atoms with Crippen molar-refractivity contribution < 1.29 is 18.0 Å². The Kier molecular flexibility index (Phi) is 7.40. The number of fused-ring (bicyclic) bond motifs is 1. The summed E-state index contributed by atoms with van der Waals surface area (Å²) in [4.78, 5) is 26.6. The van der Waals surface area contributed by atoms with Crippen LogP contribution in [-0.2, 0) is 14.8 Å². The molecule has 1 heterocycles. The highest BCUT2D eigenvalue weighted by molar-refractivity contribution is 7.92. The molecule has 0 aliphatic carbocycles. The fourth-order valence-electron chi connectivity index (χ4n) is 3.88. The van der Waals surface area contributed by atoms with Gasteiger partial charge in [0.2, 0.25) is 15.9 Å². The first-order valence-corrected chi connectivity index (χ1v) is 12.7. The topological polar surface area (TPSA) is 86.8 Å². The van der Waals surface area contributed by atoms with Crippen molar-refractivity contribution in [3.05, 3.63) is 89.3 Å². The molecule has 7 nitrogen and oxygen atoms in total. The van der Waals surface area contributed by atoms with E-state index in [1.807, 2.05) is 66.7 Å². The third kappa shape index (κ3) is 5.89. The molecule has 0 spiro atoms. The van der Waals surface area contributed by atoms with Crippen LogP contribution in [0.3, 0.4) is 0 Å². The molecule has 1 saturated heterocycles. The zero-order valence-electron chi connectivity index (χ0n) is 18.8. The smallest absolute Gasteiger partial charge is 0.251 e. The molecule has 0 bridgehead atoms. The largest absolute Gasteiger partial charge is 0.352 e. The highest BCUT2D eigenvalue weighted by atomic mass is 32.2. The van der Waals surface area contributed by atoms with Gasteiger partial charge in [-0.15, -0.1) is 0 Å². The molecule has 1 N–H and O–H groups in total. The monoisotopic (exact) mass is 477 g/mol. The standard InChI is InChI=1S/C26H27N3O4S/c30-25(12-14-27-26(31)24-11-10-22-8-4-5-9-23(22)20-24)28-15-17-29(18-16-28)34(32,33)19-13-21-6-2-1-3-7-21/h1-11,13,19-20H,12,14-18H2,(H,27,31)/b19-13+. The summed E-state index contributed by atoms with van der Waals surface area (Å²) in [6.45, 7) is 1.38. The number of rotatable bonds is 7. The van der Waals surface area contributed by atoms with Gasteiger partial charge in [-0.25, -0.2) is 8.42 Å². The van der Waals surface area contributed by atoms with E-state index in [4.69, 9.17) is 0 Å². The molecule has 176 valence electrons. The Hall–Kier alpha value is -3.49. The summed E-state index contributed by atoms with van der Waals surface area (Å²) < 4.78 is 26.6. The molecule has 4 rings (SSSR count). The van der Waals surface area contributed by atoms with E-state index in [0.29, 0.717) is 18.7 Å². The molecule has 2 amide bonds. The second-order valence-corrected chi connectivity index (χ2v) is 9.92. The molecule has 34 heavy (non-hydrogen) atoms. The highest BCUT2D eigenvalue weighted by Gasteiger charge is 2.27. The number of carbonyl (C=O) groups excluding carboxylic acids is 2. The van der Waals surface area contributed by atoms with Crippen molar-refractivity contribution in [3.63, 3.8) is 0 Å². The summed E-state index contributed by atoms with van der Waals surface area (Å²) in [5, 5.41) is 6.05. The van der Waals surface area contributed by atoms with Gasteiger partial charge in [0.1, 0.15) is 0 Å². The lowest BCUT2D eigenvalue weighted by Gasteiger charge is -2.33. The van der Waals surface area contributed by atoms with Gasteiger partial charge in [-0.2, -0.15) is 4.31 Å². The van der Waals surface area contributed by atoms with E-state index in [2.05, 4.69) is 5.32 Å². The summed E-state index contributed by atoms with van der Waals surface area (Å²) in [5.41, 5.74) is 1.36. The summed E-state index contributed by atoms with van der Waals surface area (Å²) in [6.07, 6.45) is 1.74. The van der Waals surface area contributed by atoms with Crippen LogP contribution < -0.4 is 5.32 Å². The minimum Gasteiger partial charge on any atom is -0.352 e. The maximum Gasteiger partial charge on any atom is 0.251 e. The first-order valence-electron chi connectivity index (χ1n) is 11.2. The van der Waals surface area contributed by atoms with Crippen LogP contribution in [0.1, 0.15) is 22.3 Å². The average Bonchev–Trinajstić information content (AvgIpc) is 2.88. The average molecular weight is 478 g/mol. The number of benzene rings is 3. The maximum atomic E-state index is 12.6. The molecular weight excluding hydrogens is 450 g/mol. The van der Waals surface area contributed by atoms with Crippen LogP contribution in [0.2, 0.25) is 0 Å². The summed E-state index contributed by atoms with van der Waals surface area (Å²) in [6, 6.07) is 22.5. The molecule has 1 aliphatic rings. The van der Waals surface area contributed by atoms with Gasteiger partial charge < -0.3 is 10.2 Å². The Morgan fingerprint density at radius 2 is 1.53 bits per heavy atom. The Bertz CT molecular complexity index is 1300. The summed E-state index contributed by atoms with van der Waals surface area (Å²) in [5.74, 6) is -0.324. The van der Waals surface area contributed by atoms with Gasteiger partial charge >= 0.3 is 0 Å². The normalized spacial score (nSPS) is 15.0. The predicted octanol–water partition coefficient (Wildman–Crippen LogP) is 3.10. The third-order valence-corrected chi connectivity index (χ3v) is 7.38. The van der Waals surface area contributed by atoms with E-state index in [0.717, 1.165) is 16.3 Å². The first kappa shape index (κ1) is 23.7. The number of sulfonamides is 1. The van der Waals surface area contributed by atoms with Crippen molar-refractivity contribution in [2.24, 2.45) is 0 Å². The summed E-state index contributed by atoms with van der Waals surface area (Å²) >= 11 is 0. The summed E-state index contributed by atoms with van der Waals surface area (Å²) in [7, 11) is -3.55. The second kappa shape index (κ2) is 10.6. The number of carbonyl (C=O) groups is 2. The molecule has 0 radical (unpaired) electrons. The van der Waals surface area contributed by atoms with Gasteiger partial charge in [0.05, 0.1) is 0 Å². The van der Waals surface area contributed by atoms with Crippen molar-refractivity contribution in [1.29, 1.82) is 0 Å². The molecule has 3 aromatic rings. The Labute approximate surface area is 199 Å². The lowest BCUT2D eigenvalue weighted by atomic mass is 10.1. The molecular formula is C26H27N3O4S. The van der Waals surface area contributed by atoms with Crippen molar-refractivity contribution >= 4 is 38.7 Å². The zero-order valence-corrected chi connectivity index (χ0v) is 19.6. The molecule has 1 aliphatic heterocycles. The Morgan fingerprint density at radius 1 is 0.853 bits per heavy atom. The molecule has 3 aromatic carbocycles. The first-order chi connectivity index (χ1) is 16.4. The molecule has 0 saturated carbocycles. The van der Waals surface area contributed by atoms with E-state index in [1.165, 1.54) is 9.71 Å². The molecule has 8 heteroatoms. The van der Waals surface area contributed by atoms with Gasteiger partial charge in [-0.3, -0.25) is 9.59 Å². The minimum absolute atomic E-state index is 0.101. The quantitative estimate of drug-likeness (QED) is 0.567. The number of hydrogen-bond donors (Lipinski definition) is 1. The Morgan fingerprint density at radius 3 is 2.26 bits per heavy atom. The molecule has 1 fully saturated rings. The minimum atomic E-state index is -3.55. The fraction of sp³-hybridized carbons (Fsp3) is 0.231. The molecule has 0 atom stereocenters. The molecule has 0 unspecified atom stereocenters.